The number of methoxy groups -OCH3 is 1. The summed E-state index contributed by atoms with van der Waals surface area (Å²) in [6, 6.07) is 0. The third kappa shape index (κ3) is 1.36. The zero-order valence-corrected chi connectivity index (χ0v) is 6.59. The molecular weight excluding hydrogens is 146 g/mol. The molecule has 4 heteroatoms. The molecule has 0 amide bonds. The van der Waals surface area contributed by atoms with E-state index in [1.807, 2.05) is 0 Å². The molecule has 0 aromatic heterocycles. The summed E-state index contributed by atoms with van der Waals surface area (Å²) < 4.78 is 4.59. The molecule has 1 atom stereocenters. The van der Waals surface area contributed by atoms with E-state index < -0.39 is 5.41 Å². The molecule has 1 rings (SSSR count). The molecular formula is C7H13NO3. The number of aliphatic hydroxyl groups is 1. The highest BCUT2D eigenvalue weighted by atomic mass is 16.5. The van der Waals surface area contributed by atoms with E-state index in [1.54, 1.807) is 0 Å². The summed E-state index contributed by atoms with van der Waals surface area (Å²) in [5.74, 6) is -0.315. The Morgan fingerprint density at radius 1 is 1.82 bits per heavy atom. The molecule has 1 unspecified atom stereocenters. The molecule has 1 saturated heterocycles. The molecule has 0 radical (unpaired) electrons. The van der Waals surface area contributed by atoms with Crippen molar-refractivity contribution in [1.82, 2.24) is 5.32 Å². The number of carbonyl (C=O) groups excluding carboxylic acids is 1. The molecule has 2 N–H and O–H groups in total. The van der Waals surface area contributed by atoms with Crippen LogP contribution in [-0.2, 0) is 9.53 Å². The summed E-state index contributed by atoms with van der Waals surface area (Å²) in [6.45, 7) is 1.17. The smallest absolute Gasteiger partial charge is 0.315 e. The zero-order valence-electron chi connectivity index (χ0n) is 6.59. The van der Waals surface area contributed by atoms with Gasteiger partial charge < -0.3 is 15.2 Å². The summed E-state index contributed by atoms with van der Waals surface area (Å²) in [7, 11) is 1.35. The summed E-state index contributed by atoms with van der Waals surface area (Å²) in [4.78, 5) is 11.1. The normalized spacial score (nSPS) is 30.4. The molecule has 0 aliphatic carbocycles. The van der Waals surface area contributed by atoms with Gasteiger partial charge in [0.05, 0.1) is 13.7 Å². The molecule has 0 aromatic rings. The van der Waals surface area contributed by atoms with Crippen molar-refractivity contribution in [3.05, 3.63) is 0 Å². The van der Waals surface area contributed by atoms with Gasteiger partial charge in [-0.05, 0) is 13.0 Å². The van der Waals surface area contributed by atoms with E-state index in [4.69, 9.17) is 5.11 Å². The van der Waals surface area contributed by atoms with Gasteiger partial charge in [0.1, 0.15) is 5.41 Å². The number of carbonyl (C=O) groups is 1. The first-order valence-corrected chi connectivity index (χ1v) is 3.65. The zero-order chi connectivity index (χ0) is 8.32. The van der Waals surface area contributed by atoms with E-state index in [1.165, 1.54) is 7.11 Å². The molecule has 0 saturated carbocycles. The Kier molecular flexibility index (Phi) is 2.46. The summed E-state index contributed by atoms with van der Waals surface area (Å²) in [6.07, 6.45) is 0.663. The average molecular weight is 159 g/mol. The lowest BCUT2D eigenvalue weighted by Crippen LogP contribution is -2.37. The topological polar surface area (TPSA) is 58.6 Å². The molecule has 1 heterocycles. The first kappa shape index (κ1) is 8.49. The minimum Gasteiger partial charge on any atom is -0.468 e. The Morgan fingerprint density at radius 3 is 2.91 bits per heavy atom. The van der Waals surface area contributed by atoms with E-state index in [0.29, 0.717) is 13.0 Å². The SMILES string of the molecule is COC(=O)C1(CO)CCNC1. The molecule has 0 bridgehead atoms. The van der Waals surface area contributed by atoms with Crippen LogP contribution in [0.25, 0.3) is 0 Å². The molecule has 4 nitrogen and oxygen atoms in total. The van der Waals surface area contributed by atoms with Gasteiger partial charge in [0.15, 0.2) is 0 Å². The average Bonchev–Trinajstić information content (AvgIpc) is 2.52. The lowest BCUT2D eigenvalue weighted by molar-refractivity contribution is -0.153. The number of nitrogens with one attached hydrogen (secondary N) is 1. The van der Waals surface area contributed by atoms with Crippen LogP contribution in [0.2, 0.25) is 0 Å². The van der Waals surface area contributed by atoms with Crippen LogP contribution in [0.3, 0.4) is 0 Å². The summed E-state index contributed by atoms with van der Waals surface area (Å²) >= 11 is 0. The maximum absolute atomic E-state index is 11.1. The van der Waals surface area contributed by atoms with Gasteiger partial charge in [0.2, 0.25) is 0 Å². The lowest BCUT2D eigenvalue weighted by Gasteiger charge is -2.21. The molecule has 1 aliphatic rings. The van der Waals surface area contributed by atoms with Gasteiger partial charge in [0.25, 0.3) is 0 Å². The molecule has 1 aliphatic heterocycles. The number of ether oxygens (including phenoxy) is 1. The van der Waals surface area contributed by atoms with Crippen LogP contribution < -0.4 is 5.32 Å². The van der Waals surface area contributed by atoms with E-state index in [2.05, 4.69) is 10.1 Å². The van der Waals surface area contributed by atoms with Crippen molar-refractivity contribution < 1.29 is 14.6 Å². The third-order valence-corrected chi connectivity index (χ3v) is 2.16. The first-order valence-electron chi connectivity index (χ1n) is 3.65. The van der Waals surface area contributed by atoms with Crippen LogP contribution in [0.1, 0.15) is 6.42 Å². The number of esters is 1. The van der Waals surface area contributed by atoms with Crippen molar-refractivity contribution in [1.29, 1.82) is 0 Å². The highest BCUT2D eigenvalue weighted by molar-refractivity contribution is 5.77. The van der Waals surface area contributed by atoms with Crippen LogP contribution in [0, 0.1) is 5.41 Å². The van der Waals surface area contributed by atoms with Crippen LogP contribution in [0.15, 0.2) is 0 Å². The monoisotopic (exact) mass is 159 g/mol. The Bertz CT molecular complexity index is 152. The van der Waals surface area contributed by atoms with Gasteiger partial charge in [-0.25, -0.2) is 0 Å². The molecule has 0 spiro atoms. The Balaban J connectivity index is 2.66. The van der Waals surface area contributed by atoms with Gasteiger partial charge in [0, 0.05) is 6.54 Å². The molecule has 0 aromatic carbocycles. The van der Waals surface area contributed by atoms with Crippen molar-refractivity contribution in [3.63, 3.8) is 0 Å². The second-order valence-corrected chi connectivity index (χ2v) is 2.86. The minimum absolute atomic E-state index is 0.132. The van der Waals surface area contributed by atoms with Crippen LogP contribution >= 0.6 is 0 Å². The van der Waals surface area contributed by atoms with Crippen molar-refractivity contribution in [2.45, 2.75) is 6.42 Å². The molecule has 64 valence electrons. The standard InChI is InChI=1S/C7H13NO3/c1-11-6(10)7(5-9)2-3-8-4-7/h8-9H,2-5H2,1H3. The Hall–Kier alpha value is -0.610. The van der Waals surface area contributed by atoms with Crippen LogP contribution in [0.5, 0.6) is 0 Å². The third-order valence-electron chi connectivity index (χ3n) is 2.16. The first-order chi connectivity index (χ1) is 5.25. The van der Waals surface area contributed by atoms with Crippen molar-refractivity contribution in [2.24, 2.45) is 5.41 Å². The Labute approximate surface area is 65.5 Å². The lowest BCUT2D eigenvalue weighted by atomic mass is 9.88. The fraction of sp³-hybridized carbons (Fsp3) is 0.857. The Morgan fingerprint density at radius 2 is 2.55 bits per heavy atom. The number of rotatable bonds is 2. The quantitative estimate of drug-likeness (QED) is 0.514. The second-order valence-electron chi connectivity index (χ2n) is 2.86. The predicted octanol–water partition coefficient (Wildman–Crippen LogP) is -0.869. The van der Waals surface area contributed by atoms with Gasteiger partial charge in [-0.1, -0.05) is 0 Å². The number of hydrogen-bond donors (Lipinski definition) is 2. The summed E-state index contributed by atoms with van der Waals surface area (Å²) in [5.41, 5.74) is -0.672. The van der Waals surface area contributed by atoms with Gasteiger partial charge in [-0.2, -0.15) is 0 Å². The second kappa shape index (κ2) is 3.19. The van der Waals surface area contributed by atoms with Crippen molar-refractivity contribution in [2.75, 3.05) is 26.8 Å². The van der Waals surface area contributed by atoms with Gasteiger partial charge in [-0.3, -0.25) is 4.79 Å². The van der Waals surface area contributed by atoms with E-state index in [0.717, 1.165) is 6.54 Å². The number of aliphatic hydroxyl groups excluding tert-OH is 1. The molecule has 11 heavy (non-hydrogen) atoms. The predicted molar refractivity (Wildman–Crippen MR) is 39.0 cm³/mol. The highest BCUT2D eigenvalue weighted by Crippen LogP contribution is 2.25. The maximum atomic E-state index is 11.1. The van der Waals surface area contributed by atoms with Gasteiger partial charge >= 0.3 is 5.97 Å². The van der Waals surface area contributed by atoms with Crippen LogP contribution in [-0.4, -0.2) is 37.9 Å². The van der Waals surface area contributed by atoms with E-state index >= 15 is 0 Å². The van der Waals surface area contributed by atoms with Crippen molar-refractivity contribution >= 4 is 5.97 Å². The van der Waals surface area contributed by atoms with Crippen LogP contribution in [0.4, 0.5) is 0 Å². The van der Waals surface area contributed by atoms with E-state index in [-0.39, 0.29) is 12.6 Å². The summed E-state index contributed by atoms with van der Waals surface area (Å²) in [5, 5.41) is 12.0. The molecule has 1 fully saturated rings. The largest absolute Gasteiger partial charge is 0.468 e. The highest BCUT2D eigenvalue weighted by Gasteiger charge is 2.41. The fourth-order valence-corrected chi connectivity index (χ4v) is 1.33. The van der Waals surface area contributed by atoms with Gasteiger partial charge in [-0.15, -0.1) is 0 Å². The fourth-order valence-electron chi connectivity index (χ4n) is 1.33. The van der Waals surface area contributed by atoms with Crippen molar-refractivity contribution in [3.8, 4) is 0 Å². The minimum atomic E-state index is -0.672. The maximum Gasteiger partial charge on any atom is 0.315 e. The number of hydrogen-bond acceptors (Lipinski definition) is 4. The van der Waals surface area contributed by atoms with E-state index in [9.17, 15) is 4.79 Å².